The minimum absolute atomic E-state index is 0.222. The standard InChI is InChI=1S/C24H22O7/c1-13(2)29-23(26)12-28-19-10-16-17(11-22(25)30-20(16)8-14(19)3)21-9-15-6-5-7-18(27-4)24(15)31-21/h5-11,13H,12H2,1-4H3. The molecule has 0 spiro atoms. The van der Waals surface area contributed by atoms with Gasteiger partial charge in [-0.1, -0.05) is 12.1 Å². The molecule has 0 N–H and O–H groups in total. The van der Waals surface area contributed by atoms with Crippen molar-refractivity contribution in [2.45, 2.75) is 26.9 Å². The van der Waals surface area contributed by atoms with E-state index in [2.05, 4.69) is 0 Å². The van der Waals surface area contributed by atoms with E-state index in [0.29, 0.717) is 39.4 Å². The van der Waals surface area contributed by atoms with E-state index in [1.807, 2.05) is 18.2 Å². The lowest BCUT2D eigenvalue weighted by molar-refractivity contribution is -0.149. The van der Waals surface area contributed by atoms with Crippen molar-refractivity contribution < 1.29 is 27.8 Å². The second-order valence-corrected chi connectivity index (χ2v) is 7.41. The number of ether oxygens (including phenoxy) is 3. The van der Waals surface area contributed by atoms with Gasteiger partial charge in [-0.2, -0.15) is 0 Å². The Hall–Kier alpha value is -3.74. The van der Waals surface area contributed by atoms with Crippen molar-refractivity contribution in [3.63, 3.8) is 0 Å². The molecule has 0 unspecified atom stereocenters. The minimum Gasteiger partial charge on any atom is -0.493 e. The van der Waals surface area contributed by atoms with Crippen LogP contribution in [0.25, 0.3) is 33.3 Å². The van der Waals surface area contributed by atoms with Gasteiger partial charge in [-0.15, -0.1) is 0 Å². The Kier molecular flexibility index (Phi) is 5.42. The summed E-state index contributed by atoms with van der Waals surface area (Å²) >= 11 is 0. The first-order valence-corrected chi connectivity index (χ1v) is 9.83. The van der Waals surface area contributed by atoms with Crippen LogP contribution in [-0.2, 0) is 9.53 Å². The minimum atomic E-state index is -0.497. The summed E-state index contributed by atoms with van der Waals surface area (Å²) in [5.74, 6) is 1.11. The summed E-state index contributed by atoms with van der Waals surface area (Å²) in [5.41, 5.74) is 1.75. The Bertz CT molecular complexity index is 1330. The number of methoxy groups -OCH3 is 1. The van der Waals surface area contributed by atoms with Gasteiger partial charge in [0, 0.05) is 22.4 Å². The predicted octanol–water partition coefficient (Wildman–Crippen LogP) is 4.85. The van der Waals surface area contributed by atoms with Gasteiger partial charge in [0.2, 0.25) is 0 Å². The lowest BCUT2D eigenvalue weighted by atomic mass is 10.0. The van der Waals surface area contributed by atoms with Crippen LogP contribution in [0.4, 0.5) is 0 Å². The maximum absolute atomic E-state index is 12.2. The Morgan fingerprint density at radius 2 is 1.87 bits per heavy atom. The molecule has 7 nitrogen and oxygen atoms in total. The highest BCUT2D eigenvalue weighted by molar-refractivity contribution is 5.96. The van der Waals surface area contributed by atoms with Gasteiger partial charge >= 0.3 is 11.6 Å². The zero-order valence-corrected chi connectivity index (χ0v) is 17.7. The van der Waals surface area contributed by atoms with Crippen LogP contribution < -0.4 is 15.1 Å². The van der Waals surface area contributed by atoms with Crippen molar-refractivity contribution >= 4 is 27.9 Å². The molecule has 4 aromatic rings. The van der Waals surface area contributed by atoms with Crippen LogP contribution in [0.1, 0.15) is 19.4 Å². The fourth-order valence-electron chi connectivity index (χ4n) is 3.41. The molecule has 0 atom stereocenters. The van der Waals surface area contributed by atoms with Gasteiger partial charge in [0.15, 0.2) is 17.9 Å². The molecule has 2 heterocycles. The van der Waals surface area contributed by atoms with Crippen molar-refractivity contribution in [3.05, 3.63) is 58.4 Å². The van der Waals surface area contributed by atoms with Gasteiger partial charge in [-0.05, 0) is 50.6 Å². The van der Waals surface area contributed by atoms with Crippen LogP contribution in [0.3, 0.4) is 0 Å². The molecule has 2 aromatic carbocycles. The average molecular weight is 422 g/mol. The number of benzene rings is 2. The summed E-state index contributed by atoms with van der Waals surface area (Å²) in [6.45, 7) is 5.13. The molecule has 0 amide bonds. The highest BCUT2D eigenvalue weighted by Crippen LogP contribution is 2.37. The number of furan rings is 1. The summed E-state index contributed by atoms with van der Waals surface area (Å²) in [7, 11) is 1.57. The Morgan fingerprint density at radius 1 is 1.06 bits per heavy atom. The summed E-state index contributed by atoms with van der Waals surface area (Å²) < 4.78 is 27.6. The van der Waals surface area contributed by atoms with Gasteiger partial charge in [0.05, 0.1) is 13.2 Å². The van der Waals surface area contributed by atoms with E-state index >= 15 is 0 Å². The first-order valence-electron chi connectivity index (χ1n) is 9.83. The van der Waals surface area contributed by atoms with Crippen molar-refractivity contribution in [2.75, 3.05) is 13.7 Å². The monoisotopic (exact) mass is 422 g/mol. The Labute approximate surface area is 178 Å². The maximum atomic E-state index is 12.2. The first-order chi connectivity index (χ1) is 14.9. The van der Waals surface area contributed by atoms with E-state index < -0.39 is 11.6 Å². The van der Waals surface area contributed by atoms with Crippen LogP contribution in [0.2, 0.25) is 0 Å². The molecule has 0 fully saturated rings. The van der Waals surface area contributed by atoms with Crippen LogP contribution >= 0.6 is 0 Å². The fraction of sp³-hybridized carbons (Fsp3) is 0.250. The second kappa shape index (κ2) is 8.18. The number of fused-ring (bicyclic) bond motifs is 2. The topological polar surface area (TPSA) is 88.1 Å². The van der Waals surface area contributed by atoms with E-state index in [-0.39, 0.29) is 12.7 Å². The molecule has 0 aliphatic heterocycles. The van der Waals surface area contributed by atoms with Crippen molar-refractivity contribution in [2.24, 2.45) is 0 Å². The molecular formula is C24H22O7. The maximum Gasteiger partial charge on any atom is 0.344 e. The first kappa shape index (κ1) is 20.5. The van der Waals surface area contributed by atoms with Crippen LogP contribution in [0.15, 0.2) is 56.1 Å². The number of aryl methyl sites for hydroxylation is 1. The number of carbonyl (C=O) groups excluding carboxylic acids is 1. The predicted molar refractivity (Wildman–Crippen MR) is 116 cm³/mol. The third-order valence-corrected chi connectivity index (χ3v) is 4.75. The van der Waals surface area contributed by atoms with E-state index in [1.54, 1.807) is 46.1 Å². The van der Waals surface area contributed by atoms with E-state index in [1.165, 1.54) is 6.07 Å². The fourth-order valence-corrected chi connectivity index (χ4v) is 3.41. The molecule has 2 aromatic heterocycles. The molecule has 0 aliphatic carbocycles. The number of para-hydroxylation sites is 1. The molecule has 0 saturated carbocycles. The van der Waals surface area contributed by atoms with E-state index in [0.717, 1.165) is 10.9 Å². The second-order valence-electron chi connectivity index (χ2n) is 7.41. The van der Waals surface area contributed by atoms with Crippen molar-refractivity contribution in [1.82, 2.24) is 0 Å². The van der Waals surface area contributed by atoms with Gasteiger partial charge in [-0.25, -0.2) is 9.59 Å². The number of rotatable bonds is 6. The number of esters is 1. The number of hydrogen-bond acceptors (Lipinski definition) is 7. The normalized spacial score (nSPS) is 11.3. The van der Waals surface area contributed by atoms with Crippen molar-refractivity contribution in [1.29, 1.82) is 0 Å². The Morgan fingerprint density at radius 3 is 2.61 bits per heavy atom. The van der Waals surface area contributed by atoms with Crippen LogP contribution in [0, 0.1) is 6.92 Å². The van der Waals surface area contributed by atoms with Crippen molar-refractivity contribution in [3.8, 4) is 22.8 Å². The molecule has 0 bridgehead atoms. The van der Waals surface area contributed by atoms with Gasteiger partial charge in [-0.3, -0.25) is 0 Å². The quantitative estimate of drug-likeness (QED) is 0.324. The summed E-state index contributed by atoms with van der Waals surface area (Å²) in [4.78, 5) is 24.1. The van der Waals surface area contributed by atoms with Gasteiger partial charge in [0.1, 0.15) is 17.1 Å². The molecule has 0 aliphatic rings. The van der Waals surface area contributed by atoms with Crippen LogP contribution in [0.5, 0.6) is 11.5 Å². The lowest BCUT2D eigenvalue weighted by Crippen LogP contribution is -2.19. The zero-order valence-electron chi connectivity index (χ0n) is 17.7. The molecule has 160 valence electrons. The van der Waals surface area contributed by atoms with Gasteiger partial charge < -0.3 is 23.0 Å². The lowest BCUT2D eigenvalue weighted by Gasteiger charge is -2.12. The third kappa shape index (κ3) is 4.12. The Balaban J connectivity index is 1.80. The molecule has 4 rings (SSSR count). The highest BCUT2D eigenvalue weighted by atomic mass is 16.6. The highest BCUT2D eigenvalue weighted by Gasteiger charge is 2.17. The summed E-state index contributed by atoms with van der Waals surface area (Å²) in [5, 5.41) is 1.46. The molecule has 0 saturated heterocycles. The molecular weight excluding hydrogens is 400 g/mol. The molecule has 31 heavy (non-hydrogen) atoms. The third-order valence-electron chi connectivity index (χ3n) is 4.75. The SMILES string of the molecule is COc1cccc2cc(-c3cc(=O)oc4cc(C)c(OCC(=O)OC(C)C)cc34)oc12. The number of hydrogen-bond donors (Lipinski definition) is 0. The zero-order chi connectivity index (χ0) is 22.1. The van der Waals surface area contributed by atoms with Crippen LogP contribution in [-0.4, -0.2) is 25.8 Å². The average Bonchev–Trinajstić information content (AvgIpc) is 3.15. The molecule has 7 heteroatoms. The van der Waals surface area contributed by atoms with Gasteiger partial charge in [0.25, 0.3) is 0 Å². The van der Waals surface area contributed by atoms with E-state index in [9.17, 15) is 9.59 Å². The van der Waals surface area contributed by atoms with E-state index in [4.69, 9.17) is 23.0 Å². The largest absolute Gasteiger partial charge is 0.493 e. The number of carbonyl (C=O) groups is 1. The summed E-state index contributed by atoms with van der Waals surface area (Å²) in [6.07, 6.45) is -0.222. The molecule has 0 radical (unpaired) electrons. The summed E-state index contributed by atoms with van der Waals surface area (Å²) in [6, 6.07) is 12.2. The smallest absolute Gasteiger partial charge is 0.344 e.